The molecule has 0 bridgehead atoms. The van der Waals surface area contributed by atoms with E-state index < -0.39 is 27.9 Å². The first-order valence-corrected chi connectivity index (χ1v) is 12.2. The van der Waals surface area contributed by atoms with Gasteiger partial charge in [0.1, 0.15) is 16.4 Å². The first-order valence-electron chi connectivity index (χ1n) is 10.8. The van der Waals surface area contributed by atoms with Gasteiger partial charge in [-0.25, -0.2) is 12.8 Å². The van der Waals surface area contributed by atoms with Crippen LogP contribution in [0.4, 0.5) is 4.39 Å². The molecule has 1 aromatic carbocycles. The number of hydrogen-bond acceptors (Lipinski definition) is 5. The Morgan fingerprint density at radius 3 is 2.82 bits per heavy atom. The van der Waals surface area contributed by atoms with Crippen LogP contribution in [0.25, 0.3) is 10.9 Å². The van der Waals surface area contributed by atoms with Crippen molar-refractivity contribution in [1.82, 2.24) is 19.2 Å². The van der Waals surface area contributed by atoms with Gasteiger partial charge >= 0.3 is 0 Å². The lowest BCUT2D eigenvalue weighted by atomic mass is 9.99. The van der Waals surface area contributed by atoms with Crippen molar-refractivity contribution in [3.05, 3.63) is 59.3 Å². The maximum Gasteiger partial charge on any atom is 0.268 e. The highest BCUT2D eigenvalue weighted by Gasteiger charge is 2.35. The van der Waals surface area contributed by atoms with E-state index in [-0.39, 0.29) is 36.1 Å². The average molecular weight is 475 g/mol. The number of rotatable bonds is 5. The summed E-state index contributed by atoms with van der Waals surface area (Å²) in [4.78, 5) is 17.2. The van der Waals surface area contributed by atoms with E-state index in [0.29, 0.717) is 28.6 Å². The number of aromatic nitrogens is 2. The van der Waals surface area contributed by atoms with Gasteiger partial charge in [0.25, 0.3) is 5.91 Å². The number of carbonyl (C=O) groups excluding carboxylic acids is 1. The number of amides is 1. The highest BCUT2D eigenvalue weighted by Crippen LogP contribution is 2.28. The number of benzene rings is 1. The number of nitrogens with one attached hydrogen (secondary N) is 1. The molecule has 0 spiro atoms. The Kier molecular flexibility index (Phi) is 6.26. The summed E-state index contributed by atoms with van der Waals surface area (Å²) in [7, 11) is -2.21. The fourth-order valence-corrected chi connectivity index (χ4v) is 6.05. The lowest BCUT2D eigenvalue weighted by molar-refractivity contribution is 0.0628. The molecule has 10 heteroatoms. The number of aliphatic hydroxyl groups excluding tert-OH is 1. The first-order chi connectivity index (χ1) is 15.6. The van der Waals surface area contributed by atoms with Crippen molar-refractivity contribution in [3.63, 3.8) is 0 Å². The van der Waals surface area contributed by atoms with Crippen LogP contribution in [-0.4, -0.2) is 52.5 Å². The summed E-state index contributed by atoms with van der Waals surface area (Å²) >= 11 is 0. The Labute approximate surface area is 192 Å². The standard InChI is InChI=1S/C23H27FN4O4S/c1-14-13-28(10-8-21(14)29)33(31,32)22-11-20(27(3)15(22)2)23(30)26-12-17-16-5-4-9-25-19(16)7-6-18(17)24/h4-7,9,11,14,21,29H,8,10,12-13H2,1-3H3,(H,26,30)/t14-,21+/m0/s1. The number of fused-ring (bicyclic) bond motifs is 1. The molecular formula is C23H27FN4O4S. The zero-order chi connectivity index (χ0) is 23.9. The Bertz CT molecular complexity index is 1320. The Hall–Kier alpha value is -2.82. The molecule has 33 heavy (non-hydrogen) atoms. The van der Waals surface area contributed by atoms with E-state index in [4.69, 9.17) is 0 Å². The van der Waals surface area contributed by atoms with Crippen molar-refractivity contribution in [3.8, 4) is 0 Å². The number of nitrogens with zero attached hydrogens (tertiary/aromatic N) is 3. The van der Waals surface area contributed by atoms with E-state index in [1.54, 1.807) is 38.4 Å². The van der Waals surface area contributed by atoms with E-state index >= 15 is 0 Å². The first kappa shape index (κ1) is 23.3. The van der Waals surface area contributed by atoms with Gasteiger partial charge in [-0.3, -0.25) is 9.78 Å². The maximum atomic E-state index is 14.5. The van der Waals surface area contributed by atoms with Crippen molar-refractivity contribution in [1.29, 1.82) is 0 Å². The summed E-state index contributed by atoms with van der Waals surface area (Å²) in [6, 6.07) is 7.68. The number of carbonyl (C=O) groups is 1. The largest absolute Gasteiger partial charge is 0.393 e. The lowest BCUT2D eigenvalue weighted by Crippen LogP contribution is -2.44. The van der Waals surface area contributed by atoms with E-state index in [1.807, 2.05) is 6.92 Å². The van der Waals surface area contributed by atoms with E-state index in [0.717, 1.165) is 0 Å². The number of sulfonamides is 1. The fraction of sp³-hybridized carbons (Fsp3) is 0.391. The summed E-state index contributed by atoms with van der Waals surface area (Å²) < 4.78 is 43.9. The molecule has 1 aliphatic heterocycles. The van der Waals surface area contributed by atoms with Gasteiger partial charge in [0.05, 0.1) is 11.6 Å². The summed E-state index contributed by atoms with van der Waals surface area (Å²) in [5, 5.41) is 13.2. The molecule has 176 valence electrons. The van der Waals surface area contributed by atoms with Gasteiger partial charge in [0.2, 0.25) is 10.0 Å². The van der Waals surface area contributed by atoms with Gasteiger partial charge in [-0.1, -0.05) is 13.0 Å². The fourth-order valence-electron chi connectivity index (χ4n) is 4.23. The quantitative estimate of drug-likeness (QED) is 0.591. The minimum Gasteiger partial charge on any atom is -0.393 e. The van der Waals surface area contributed by atoms with Gasteiger partial charge in [0.15, 0.2) is 0 Å². The zero-order valence-electron chi connectivity index (χ0n) is 18.7. The Morgan fingerprint density at radius 1 is 1.33 bits per heavy atom. The van der Waals surface area contributed by atoms with Crippen LogP contribution in [0.2, 0.25) is 0 Å². The molecule has 0 saturated carbocycles. The van der Waals surface area contributed by atoms with Crippen LogP contribution in [0.1, 0.15) is 35.1 Å². The molecule has 8 nitrogen and oxygen atoms in total. The summed E-state index contributed by atoms with van der Waals surface area (Å²) in [5.74, 6) is -1.14. The van der Waals surface area contributed by atoms with Crippen molar-refractivity contribution >= 4 is 26.8 Å². The Balaban J connectivity index is 1.58. The number of aliphatic hydroxyl groups is 1. The van der Waals surface area contributed by atoms with Crippen LogP contribution in [0.5, 0.6) is 0 Å². The number of hydrogen-bond donors (Lipinski definition) is 2. The van der Waals surface area contributed by atoms with Gasteiger partial charge in [0, 0.05) is 49.5 Å². The molecule has 0 aliphatic carbocycles. The van der Waals surface area contributed by atoms with Crippen molar-refractivity contribution in [2.75, 3.05) is 13.1 Å². The smallest absolute Gasteiger partial charge is 0.268 e. The number of halogens is 1. The highest BCUT2D eigenvalue weighted by molar-refractivity contribution is 7.89. The third-order valence-corrected chi connectivity index (χ3v) is 8.41. The Morgan fingerprint density at radius 2 is 2.09 bits per heavy atom. The van der Waals surface area contributed by atoms with Gasteiger partial charge in [-0.05, 0) is 43.5 Å². The van der Waals surface area contributed by atoms with Gasteiger partial charge in [-0.2, -0.15) is 4.31 Å². The minimum atomic E-state index is -3.83. The van der Waals surface area contributed by atoms with Crippen LogP contribution in [0.15, 0.2) is 41.4 Å². The zero-order valence-corrected chi connectivity index (χ0v) is 19.6. The molecule has 1 aliphatic rings. The molecule has 3 heterocycles. The molecule has 0 unspecified atom stereocenters. The van der Waals surface area contributed by atoms with E-state index in [9.17, 15) is 22.7 Å². The van der Waals surface area contributed by atoms with Crippen LogP contribution < -0.4 is 5.32 Å². The van der Waals surface area contributed by atoms with Crippen LogP contribution in [-0.2, 0) is 23.6 Å². The monoisotopic (exact) mass is 474 g/mol. The molecule has 0 radical (unpaired) electrons. The summed E-state index contributed by atoms with van der Waals surface area (Å²) in [6.45, 7) is 3.82. The number of pyridine rings is 1. The predicted molar refractivity (Wildman–Crippen MR) is 122 cm³/mol. The molecule has 1 amide bonds. The van der Waals surface area contributed by atoms with Crippen molar-refractivity contribution in [2.24, 2.45) is 13.0 Å². The average Bonchev–Trinajstić information content (AvgIpc) is 3.10. The normalized spacial score (nSPS) is 19.7. The molecule has 4 rings (SSSR count). The molecule has 3 aromatic rings. The second-order valence-corrected chi connectivity index (χ2v) is 10.4. The van der Waals surface area contributed by atoms with Gasteiger partial charge < -0.3 is 15.0 Å². The van der Waals surface area contributed by atoms with Crippen LogP contribution in [0, 0.1) is 18.7 Å². The molecule has 1 fully saturated rings. The summed E-state index contributed by atoms with van der Waals surface area (Å²) in [5.41, 5.74) is 1.52. The van der Waals surface area contributed by atoms with Gasteiger partial charge in [-0.15, -0.1) is 0 Å². The molecule has 2 N–H and O–H groups in total. The third-order valence-electron chi connectivity index (χ3n) is 6.43. The molecule has 1 saturated heterocycles. The van der Waals surface area contributed by atoms with E-state index in [2.05, 4.69) is 10.3 Å². The summed E-state index contributed by atoms with van der Waals surface area (Å²) in [6.07, 6.45) is 1.45. The number of piperidine rings is 1. The lowest BCUT2D eigenvalue weighted by Gasteiger charge is -2.33. The van der Waals surface area contributed by atoms with Crippen LogP contribution >= 0.6 is 0 Å². The second-order valence-electron chi connectivity index (χ2n) is 8.51. The second kappa shape index (κ2) is 8.85. The SMILES string of the molecule is Cc1c(S(=O)(=O)N2CC[C@@H](O)[C@@H](C)C2)cc(C(=O)NCc2c(F)ccc3ncccc23)n1C. The third kappa shape index (κ3) is 4.25. The van der Waals surface area contributed by atoms with Crippen LogP contribution in [0.3, 0.4) is 0 Å². The van der Waals surface area contributed by atoms with Crippen molar-refractivity contribution in [2.45, 2.75) is 37.8 Å². The topological polar surface area (TPSA) is 105 Å². The maximum absolute atomic E-state index is 14.5. The predicted octanol–water partition coefficient (Wildman–Crippen LogP) is 2.34. The minimum absolute atomic E-state index is 0.0549. The molecular weight excluding hydrogens is 447 g/mol. The van der Waals surface area contributed by atoms with Crippen molar-refractivity contribution < 1.29 is 22.7 Å². The molecule has 2 aromatic heterocycles. The van der Waals surface area contributed by atoms with E-state index in [1.165, 1.54) is 21.0 Å². The molecule has 2 atom stereocenters. The highest BCUT2D eigenvalue weighted by atomic mass is 32.2.